The normalized spacial score (nSPS) is 17.8. The van der Waals surface area contributed by atoms with E-state index in [1.165, 1.54) is 0 Å². The Bertz CT molecular complexity index is 560. The first kappa shape index (κ1) is 18.3. The van der Waals surface area contributed by atoms with E-state index >= 15 is 0 Å². The van der Waals surface area contributed by atoms with Crippen LogP contribution < -0.4 is 0 Å². The van der Waals surface area contributed by atoms with Gasteiger partial charge in [0.1, 0.15) is 5.60 Å². The molecule has 128 valence electrons. The third-order valence-corrected chi connectivity index (χ3v) is 5.55. The van der Waals surface area contributed by atoms with Crippen molar-refractivity contribution in [2.45, 2.75) is 44.1 Å². The van der Waals surface area contributed by atoms with Crippen LogP contribution in [0.4, 0.5) is 4.79 Å². The van der Waals surface area contributed by atoms with E-state index in [0.717, 1.165) is 17.7 Å². The van der Waals surface area contributed by atoms with Gasteiger partial charge in [0.25, 0.3) is 0 Å². The molecule has 0 saturated carbocycles. The largest absolute Gasteiger partial charge is 0.444 e. The van der Waals surface area contributed by atoms with E-state index in [9.17, 15) is 9.00 Å². The highest BCUT2D eigenvalue weighted by Crippen LogP contribution is 2.22. The van der Waals surface area contributed by atoms with Crippen LogP contribution in [0.1, 0.15) is 33.6 Å². The lowest BCUT2D eigenvalue weighted by molar-refractivity contribution is 0.0191. The molecule has 6 heteroatoms. The number of amides is 1. The summed E-state index contributed by atoms with van der Waals surface area (Å²) < 4.78 is 17.8. The maximum absolute atomic E-state index is 12.4. The molecule has 1 aromatic rings. The highest BCUT2D eigenvalue weighted by molar-refractivity contribution is 7.85. The number of halogens is 1. The number of carbonyl (C=O) groups is 1. The third kappa shape index (κ3) is 5.81. The molecule has 1 aromatic carbocycles. The fourth-order valence-electron chi connectivity index (χ4n) is 2.51. The zero-order valence-electron chi connectivity index (χ0n) is 13.9. The molecule has 2 rings (SSSR count). The second-order valence-electron chi connectivity index (χ2n) is 6.88. The Labute approximate surface area is 145 Å². The standard InChI is InChI=1S/C17H24ClNO3S/c1-17(2,3)22-16(20)19-10-8-13(9-11-19)12-23(21)15-6-4-14(18)5-7-15/h4-7,13H,8-12H2,1-3H3. The van der Waals surface area contributed by atoms with Gasteiger partial charge in [0.2, 0.25) is 0 Å². The Hall–Kier alpha value is -1.07. The van der Waals surface area contributed by atoms with Crippen molar-refractivity contribution in [1.29, 1.82) is 0 Å². The summed E-state index contributed by atoms with van der Waals surface area (Å²) in [6.45, 7) is 6.93. The summed E-state index contributed by atoms with van der Waals surface area (Å²) in [5.74, 6) is 0.995. The first-order chi connectivity index (χ1) is 10.7. The number of ether oxygens (including phenoxy) is 1. The van der Waals surface area contributed by atoms with Gasteiger partial charge in [-0.3, -0.25) is 4.21 Å². The lowest BCUT2D eigenvalue weighted by Gasteiger charge is -2.33. The first-order valence-electron chi connectivity index (χ1n) is 7.86. The number of hydrogen-bond acceptors (Lipinski definition) is 3. The molecule has 0 spiro atoms. The third-order valence-electron chi connectivity index (χ3n) is 3.73. The average Bonchev–Trinajstić information content (AvgIpc) is 2.46. The summed E-state index contributed by atoms with van der Waals surface area (Å²) in [6.07, 6.45) is 1.46. The molecule has 1 aliphatic heterocycles. The van der Waals surface area contributed by atoms with Gasteiger partial charge >= 0.3 is 6.09 Å². The molecule has 1 saturated heterocycles. The monoisotopic (exact) mass is 357 g/mol. The molecule has 23 heavy (non-hydrogen) atoms. The van der Waals surface area contributed by atoms with Gasteiger partial charge in [-0.15, -0.1) is 0 Å². The quantitative estimate of drug-likeness (QED) is 0.818. The molecular formula is C17H24ClNO3S. The van der Waals surface area contributed by atoms with Crippen molar-refractivity contribution in [3.05, 3.63) is 29.3 Å². The Morgan fingerprint density at radius 2 is 1.83 bits per heavy atom. The molecule has 1 atom stereocenters. The maximum atomic E-state index is 12.4. The van der Waals surface area contributed by atoms with Gasteiger partial charge in [0, 0.05) is 28.8 Å². The topological polar surface area (TPSA) is 46.6 Å². The zero-order chi connectivity index (χ0) is 17.0. The number of rotatable bonds is 3. The van der Waals surface area contributed by atoms with Gasteiger partial charge < -0.3 is 9.64 Å². The smallest absolute Gasteiger partial charge is 0.410 e. The van der Waals surface area contributed by atoms with Crippen molar-refractivity contribution < 1.29 is 13.7 Å². The second kappa shape index (κ2) is 7.67. The number of piperidine rings is 1. The van der Waals surface area contributed by atoms with Crippen molar-refractivity contribution in [1.82, 2.24) is 4.90 Å². The molecule has 0 radical (unpaired) electrons. The van der Waals surface area contributed by atoms with Crippen molar-refractivity contribution >= 4 is 28.5 Å². The van der Waals surface area contributed by atoms with Crippen LogP contribution in [0.3, 0.4) is 0 Å². The molecule has 0 aromatic heterocycles. The number of hydrogen-bond donors (Lipinski definition) is 0. The molecule has 1 fully saturated rings. The van der Waals surface area contributed by atoms with Crippen LogP contribution >= 0.6 is 11.6 Å². The Balaban J connectivity index is 1.81. The van der Waals surface area contributed by atoms with Gasteiger partial charge in [-0.25, -0.2) is 4.79 Å². The fourth-order valence-corrected chi connectivity index (χ4v) is 4.02. The summed E-state index contributed by atoms with van der Waals surface area (Å²) in [7, 11) is -1.02. The highest BCUT2D eigenvalue weighted by atomic mass is 35.5. The van der Waals surface area contributed by atoms with Gasteiger partial charge in [-0.2, -0.15) is 0 Å². The minimum Gasteiger partial charge on any atom is -0.444 e. The van der Waals surface area contributed by atoms with Crippen LogP contribution in [0, 0.1) is 5.92 Å². The van der Waals surface area contributed by atoms with E-state index in [2.05, 4.69) is 0 Å². The van der Waals surface area contributed by atoms with E-state index in [1.807, 2.05) is 32.9 Å². The van der Waals surface area contributed by atoms with Crippen molar-refractivity contribution in [3.63, 3.8) is 0 Å². The van der Waals surface area contributed by atoms with Gasteiger partial charge in [-0.1, -0.05) is 11.6 Å². The lowest BCUT2D eigenvalue weighted by atomic mass is 9.99. The van der Waals surface area contributed by atoms with Gasteiger partial charge in [0.05, 0.1) is 10.8 Å². The molecule has 1 heterocycles. The second-order valence-corrected chi connectivity index (χ2v) is 8.81. The first-order valence-corrected chi connectivity index (χ1v) is 9.56. The van der Waals surface area contributed by atoms with E-state index in [1.54, 1.807) is 17.0 Å². The van der Waals surface area contributed by atoms with Crippen LogP contribution in [0.15, 0.2) is 29.2 Å². The van der Waals surface area contributed by atoms with Crippen LogP contribution in [-0.4, -0.2) is 39.6 Å². The molecule has 0 bridgehead atoms. The van der Waals surface area contributed by atoms with E-state index in [4.69, 9.17) is 16.3 Å². The molecule has 4 nitrogen and oxygen atoms in total. The summed E-state index contributed by atoms with van der Waals surface area (Å²) in [6, 6.07) is 7.16. The van der Waals surface area contributed by atoms with E-state index in [-0.39, 0.29) is 6.09 Å². The SMILES string of the molecule is CC(C)(C)OC(=O)N1CCC(CS(=O)c2ccc(Cl)cc2)CC1. The molecule has 0 aliphatic carbocycles. The van der Waals surface area contributed by atoms with Crippen molar-refractivity contribution in [3.8, 4) is 0 Å². The number of likely N-dealkylation sites (tertiary alicyclic amines) is 1. The van der Waals surface area contributed by atoms with Gasteiger partial charge in [0.15, 0.2) is 0 Å². The molecule has 0 N–H and O–H groups in total. The van der Waals surface area contributed by atoms with Crippen LogP contribution in [0.5, 0.6) is 0 Å². The van der Waals surface area contributed by atoms with Crippen LogP contribution in [0.25, 0.3) is 0 Å². The highest BCUT2D eigenvalue weighted by Gasteiger charge is 2.27. The number of carbonyl (C=O) groups excluding carboxylic acids is 1. The lowest BCUT2D eigenvalue weighted by Crippen LogP contribution is -2.42. The Kier molecular flexibility index (Phi) is 6.09. The van der Waals surface area contributed by atoms with Crippen molar-refractivity contribution in [2.75, 3.05) is 18.8 Å². The Morgan fingerprint density at radius 3 is 2.35 bits per heavy atom. The molecule has 1 amide bonds. The zero-order valence-corrected chi connectivity index (χ0v) is 15.5. The number of nitrogens with zero attached hydrogens (tertiary/aromatic N) is 1. The predicted molar refractivity (Wildman–Crippen MR) is 93.3 cm³/mol. The van der Waals surface area contributed by atoms with E-state index in [0.29, 0.717) is 29.8 Å². The van der Waals surface area contributed by atoms with E-state index < -0.39 is 16.4 Å². The number of benzene rings is 1. The minimum atomic E-state index is -1.02. The molecule has 1 aliphatic rings. The summed E-state index contributed by atoms with van der Waals surface area (Å²) in [5.41, 5.74) is -0.468. The minimum absolute atomic E-state index is 0.255. The summed E-state index contributed by atoms with van der Waals surface area (Å²) in [4.78, 5) is 14.6. The summed E-state index contributed by atoms with van der Waals surface area (Å²) in [5, 5.41) is 0.649. The van der Waals surface area contributed by atoms with Crippen LogP contribution in [-0.2, 0) is 15.5 Å². The van der Waals surface area contributed by atoms with Crippen molar-refractivity contribution in [2.24, 2.45) is 5.92 Å². The summed E-state index contributed by atoms with van der Waals surface area (Å²) >= 11 is 5.85. The maximum Gasteiger partial charge on any atom is 0.410 e. The average molecular weight is 358 g/mol. The predicted octanol–water partition coefficient (Wildman–Crippen LogP) is 4.09. The molecule has 1 unspecified atom stereocenters. The Morgan fingerprint density at radius 1 is 1.26 bits per heavy atom. The van der Waals surface area contributed by atoms with Gasteiger partial charge in [-0.05, 0) is 63.8 Å². The van der Waals surface area contributed by atoms with Crippen LogP contribution in [0.2, 0.25) is 5.02 Å². The molecular weight excluding hydrogens is 334 g/mol. The fraction of sp³-hybridized carbons (Fsp3) is 0.588.